The summed E-state index contributed by atoms with van der Waals surface area (Å²) < 4.78 is 0. The maximum atomic E-state index is 5.63. The Balaban J connectivity index is 0.000000180. The van der Waals surface area contributed by atoms with Crippen LogP contribution >= 0.6 is 23.2 Å². The van der Waals surface area contributed by atoms with E-state index in [2.05, 4.69) is 6.58 Å². The van der Waals surface area contributed by atoms with Gasteiger partial charge in [-0.05, 0) is 29.3 Å². The normalized spacial score (nSPS) is 9.67. The first-order chi connectivity index (χ1) is 8.76. The molecule has 0 aliphatic rings. The Morgan fingerprint density at radius 1 is 0.833 bits per heavy atom. The number of rotatable bonds is 2. The van der Waals surface area contributed by atoms with Gasteiger partial charge in [-0.15, -0.1) is 0 Å². The average molecular weight is 277 g/mol. The van der Waals surface area contributed by atoms with Crippen molar-refractivity contribution in [3.8, 4) is 0 Å². The van der Waals surface area contributed by atoms with Gasteiger partial charge in [-0.2, -0.15) is 0 Å². The average Bonchev–Trinajstić information content (AvgIpc) is 2.42. The Morgan fingerprint density at radius 2 is 1.44 bits per heavy atom. The second kappa shape index (κ2) is 8.57. The van der Waals surface area contributed by atoms with Gasteiger partial charge in [0, 0.05) is 10.6 Å². The summed E-state index contributed by atoms with van der Waals surface area (Å²) >= 11 is 11.0. The molecule has 2 heteroatoms. The third-order valence-electron chi connectivity index (χ3n) is 2.16. The minimum Gasteiger partial charge on any atom is -0.0985 e. The van der Waals surface area contributed by atoms with E-state index in [0.717, 1.165) is 16.1 Å². The summed E-state index contributed by atoms with van der Waals surface area (Å²) in [5, 5.41) is 0.764. The van der Waals surface area contributed by atoms with Crippen molar-refractivity contribution in [2.24, 2.45) is 0 Å². The van der Waals surface area contributed by atoms with Crippen molar-refractivity contribution in [2.45, 2.75) is 0 Å². The molecule has 0 spiro atoms. The summed E-state index contributed by atoms with van der Waals surface area (Å²) in [5.41, 5.74) is 3.74. The largest absolute Gasteiger partial charge is 0.0985 e. The molecule has 0 aliphatic heterocycles. The number of benzene rings is 2. The number of halogens is 2. The molecule has 0 atom stereocenters. The van der Waals surface area contributed by atoms with Gasteiger partial charge < -0.3 is 0 Å². The minimum absolute atomic E-state index is 0.764. The molecule has 0 unspecified atom stereocenters. The molecular weight excluding hydrogens is 263 g/mol. The topological polar surface area (TPSA) is 0 Å². The molecule has 0 fully saturated rings. The zero-order chi connectivity index (χ0) is 13.2. The monoisotopic (exact) mass is 276 g/mol. The molecule has 0 saturated heterocycles. The molecule has 0 nitrogen and oxygen atoms in total. The van der Waals surface area contributed by atoms with Crippen molar-refractivity contribution in [3.63, 3.8) is 0 Å². The second-order valence-electron chi connectivity index (χ2n) is 3.46. The predicted octanol–water partition coefficient (Wildman–Crippen LogP) is 5.88. The first-order valence-corrected chi connectivity index (χ1v) is 6.27. The third kappa shape index (κ3) is 5.72. The number of hydrogen-bond acceptors (Lipinski definition) is 0. The van der Waals surface area contributed by atoms with Crippen LogP contribution in [0.4, 0.5) is 0 Å². The van der Waals surface area contributed by atoms with E-state index in [-0.39, 0.29) is 0 Å². The highest BCUT2D eigenvalue weighted by molar-refractivity contribution is 6.30. The highest BCUT2D eigenvalue weighted by Gasteiger charge is 1.84. The van der Waals surface area contributed by atoms with Crippen molar-refractivity contribution in [3.05, 3.63) is 82.9 Å². The Labute approximate surface area is 118 Å². The van der Waals surface area contributed by atoms with Gasteiger partial charge in [0.25, 0.3) is 0 Å². The molecule has 0 aliphatic carbocycles. The van der Waals surface area contributed by atoms with Gasteiger partial charge in [0.15, 0.2) is 0 Å². The van der Waals surface area contributed by atoms with Gasteiger partial charge in [0.2, 0.25) is 0 Å². The van der Waals surface area contributed by atoms with Crippen molar-refractivity contribution >= 4 is 35.4 Å². The van der Waals surface area contributed by atoms with Crippen LogP contribution in [0.1, 0.15) is 11.1 Å². The molecule has 0 heterocycles. The molecule has 0 bridgehead atoms. The third-order valence-corrected chi connectivity index (χ3v) is 2.54. The lowest BCUT2D eigenvalue weighted by Gasteiger charge is -1.89. The fourth-order valence-corrected chi connectivity index (χ4v) is 1.51. The van der Waals surface area contributed by atoms with Crippen LogP contribution in [-0.2, 0) is 0 Å². The first kappa shape index (κ1) is 14.6. The Hall–Kier alpha value is -1.50. The van der Waals surface area contributed by atoms with Gasteiger partial charge in [-0.3, -0.25) is 0 Å². The molecule has 0 saturated carbocycles. The highest BCUT2D eigenvalue weighted by atomic mass is 35.5. The van der Waals surface area contributed by atoms with E-state index in [1.165, 1.54) is 5.54 Å². The van der Waals surface area contributed by atoms with Crippen molar-refractivity contribution in [1.29, 1.82) is 0 Å². The quantitative estimate of drug-likeness (QED) is 0.643. The van der Waals surface area contributed by atoms with Gasteiger partial charge in [0.05, 0.1) is 0 Å². The van der Waals surface area contributed by atoms with Crippen LogP contribution in [0.15, 0.2) is 66.7 Å². The van der Waals surface area contributed by atoms with E-state index in [1.54, 1.807) is 6.08 Å². The fourth-order valence-electron chi connectivity index (χ4n) is 1.24. The van der Waals surface area contributed by atoms with Crippen LogP contribution in [0.25, 0.3) is 12.2 Å². The lowest BCUT2D eigenvalue weighted by Crippen LogP contribution is -1.67. The van der Waals surface area contributed by atoms with Crippen molar-refractivity contribution in [1.82, 2.24) is 0 Å². The standard InChI is InChI=1S/2C8H7Cl/c1-2-7-3-5-8(9)6-4-7;9-7-6-8-4-2-1-3-5-8/h2-6H,1H2;1-7H. The molecule has 92 valence electrons. The van der Waals surface area contributed by atoms with Gasteiger partial charge in [0.1, 0.15) is 0 Å². The molecule has 2 aromatic rings. The van der Waals surface area contributed by atoms with E-state index in [0.29, 0.717) is 0 Å². The Bertz CT molecular complexity index is 484. The zero-order valence-electron chi connectivity index (χ0n) is 9.89. The summed E-state index contributed by atoms with van der Waals surface area (Å²) in [5.74, 6) is 0. The van der Waals surface area contributed by atoms with Crippen LogP contribution < -0.4 is 0 Å². The predicted molar refractivity (Wildman–Crippen MR) is 82.9 cm³/mol. The lowest BCUT2D eigenvalue weighted by atomic mass is 10.2. The zero-order valence-corrected chi connectivity index (χ0v) is 11.4. The SMILES string of the molecule is C=Cc1ccc(Cl)cc1.ClC=Cc1ccccc1. The first-order valence-electron chi connectivity index (χ1n) is 5.46. The van der Waals surface area contributed by atoms with Crippen molar-refractivity contribution in [2.75, 3.05) is 0 Å². The fraction of sp³-hybridized carbons (Fsp3) is 0. The molecule has 0 N–H and O–H groups in total. The minimum atomic E-state index is 0.764. The summed E-state index contributed by atoms with van der Waals surface area (Å²) in [6, 6.07) is 17.5. The van der Waals surface area contributed by atoms with E-state index in [9.17, 15) is 0 Å². The molecule has 2 aromatic carbocycles. The molecular formula is C16H14Cl2. The van der Waals surface area contributed by atoms with Crippen LogP contribution in [0, 0.1) is 0 Å². The molecule has 0 amide bonds. The number of hydrogen-bond donors (Lipinski definition) is 0. The van der Waals surface area contributed by atoms with Crippen molar-refractivity contribution < 1.29 is 0 Å². The van der Waals surface area contributed by atoms with Gasteiger partial charge >= 0.3 is 0 Å². The lowest BCUT2D eigenvalue weighted by molar-refractivity contribution is 1.66. The smallest absolute Gasteiger partial charge is 0.0406 e. The summed E-state index contributed by atoms with van der Waals surface area (Å²) in [7, 11) is 0. The van der Waals surface area contributed by atoms with Crippen LogP contribution in [0.5, 0.6) is 0 Å². The molecule has 18 heavy (non-hydrogen) atoms. The maximum absolute atomic E-state index is 5.63. The Kier molecular flexibility index (Phi) is 6.93. The van der Waals surface area contributed by atoms with E-state index in [1.807, 2.05) is 60.7 Å². The van der Waals surface area contributed by atoms with E-state index >= 15 is 0 Å². The van der Waals surface area contributed by atoms with Crippen LogP contribution in [0.2, 0.25) is 5.02 Å². The van der Waals surface area contributed by atoms with Crippen LogP contribution in [0.3, 0.4) is 0 Å². The van der Waals surface area contributed by atoms with E-state index < -0.39 is 0 Å². The summed E-state index contributed by atoms with van der Waals surface area (Å²) in [6.07, 6.45) is 3.64. The Morgan fingerprint density at radius 3 is 1.94 bits per heavy atom. The van der Waals surface area contributed by atoms with Gasteiger partial charge in [-0.1, -0.05) is 78.3 Å². The van der Waals surface area contributed by atoms with Gasteiger partial charge in [-0.25, -0.2) is 0 Å². The summed E-state index contributed by atoms with van der Waals surface area (Å²) in [4.78, 5) is 0. The summed E-state index contributed by atoms with van der Waals surface area (Å²) in [6.45, 7) is 3.62. The van der Waals surface area contributed by atoms with Crippen LogP contribution in [-0.4, -0.2) is 0 Å². The maximum Gasteiger partial charge on any atom is 0.0406 e. The molecule has 2 rings (SSSR count). The molecule has 0 aromatic heterocycles. The second-order valence-corrected chi connectivity index (χ2v) is 4.15. The van der Waals surface area contributed by atoms with E-state index in [4.69, 9.17) is 23.2 Å². The highest BCUT2D eigenvalue weighted by Crippen LogP contribution is 2.09. The molecule has 0 radical (unpaired) electrons.